The monoisotopic (exact) mass is 219 g/mol. The first kappa shape index (κ1) is 9.79. The largest absolute Gasteiger partial charge is 0.321 e. The molecule has 0 aromatic carbocycles. The van der Waals surface area contributed by atoms with E-state index in [-0.39, 0.29) is 5.91 Å². The minimum Gasteiger partial charge on any atom is -0.321 e. The molecule has 0 aliphatic rings. The Bertz CT molecular complexity index is 467. The molecule has 2 rings (SSSR count). The molecule has 5 heteroatoms. The molecule has 4 nitrogen and oxygen atoms in total. The number of carbonyl (C=O) groups is 1. The quantitative estimate of drug-likeness (QED) is 0.841. The van der Waals surface area contributed by atoms with Gasteiger partial charge in [-0.15, -0.1) is 11.3 Å². The minimum absolute atomic E-state index is 0.124. The van der Waals surface area contributed by atoms with E-state index in [0.29, 0.717) is 4.88 Å². The van der Waals surface area contributed by atoms with E-state index < -0.39 is 0 Å². The summed E-state index contributed by atoms with van der Waals surface area (Å²) in [5.74, 6) is -0.124. The fourth-order valence-corrected chi connectivity index (χ4v) is 1.84. The Hall–Kier alpha value is -1.75. The third-order valence-corrected chi connectivity index (χ3v) is 2.82. The predicted molar refractivity (Wildman–Crippen MR) is 59.0 cm³/mol. The first-order valence-electron chi connectivity index (χ1n) is 4.39. The summed E-state index contributed by atoms with van der Waals surface area (Å²) in [6.07, 6.45) is 3.27. The Balaban J connectivity index is 2.15. The van der Waals surface area contributed by atoms with E-state index in [9.17, 15) is 4.79 Å². The van der Waals surface area contributed by atoms with Gasteiger partial charge in [0.25, 0.3) is 5.91 Å². The van der Waals surface area contributed by atoms with Crippen molar-refractivity contribution in [3.05, 3.63) is 40.6 Å². The van der Waals surface area contributed by atoms with Gasteiger partial charge in [0.1, 0.15) is 4.88 Å². The van der Waals surface area contributed by atoms with Crippen LogP contribution in [0.25, 0.3) is 0 Å². The second kappa shape index (κ2) is 4.18. The zero-order chi connectivity index (χ0) is 10.7. The average molecular weight is 219 g/mol. The number of carbonyl (C=O) groups excluding carboxylic acids is 1. The van der Waals surface area contributed by atoms with Gasteiger partial charge in [-0.05, 0) is 19.1 Å². The second-order valence-electron chi connectivity index (χ2n) is 2.96. The molecule has 15 heavy (non-hydrogen) atoms. The lowest BCUT2D eigenvalue weighted by atomic mass is 10.3. The number of hydrogen-bond donors (Lipinski definition) is 1. The molecule has 2 heterocycles. The van der Waals surface area contributed by atoms with Crippen LogP contribution in [0.15, 0.2) is 30.0 Å². The van der Waals surface area contributed by atoms with Crippen molar-refractivity contribution in [1.29, 1.82) is 0 Å². The van der Waals surface area contributed by atoms with Crippen LogP contribution in [-0.2, 0) is 0 Å². The number of rotatable bonds is 2. The smallest absolute Gasteiger partial charge is 0.267 e. The normalized spacial score (nSPS) is 9.93. The lowest BCUT2D eigenvalue weighted by molar-refractivity contribution is 0.103. The van der Waals surface area contributed by atoms with Gasteiger partial charge in [0.05, 0.1) is 11.2 Å². The van der Waals surface area contributed by atoms with Crippen LogP contribution in [0.1, 0.15) is 15.4 Å². The molecule has 0 spiro atoms. The Kier molecular flexibility index (Phi) is 2.73. The number of hydrogen-bond acceptors (Lipinski definition) is 4. The van der Waals surface area contributed by atoms with E-state index in [1.807, 2.05) is 6.92 Å². The predicted octanol–water partition coefficient (Wildman–Crippen LogP) is 2.10. The van der Waals surface area contributed by atoms with Gasteiger partial charge in [-0.3, -0.25) is 9.78 Å². The Morgan fingerprint density at radius 2 is 2.13 bits per heavy atom. The highest BCUT2D eigenvalue weighted by Gasteiger charge is 2.11. The van der Waals surface area contributed by atoms with Crippen molar-refractivity contribution in [3.63, 3.8) is 0 Å². The zero-order valence-corrected chi connectivity index (χ0v) is 8.91. The van der Waals surface area contributed by atoms with Crippen LogP contribution >= 0.6 is 11.3 Å². The number of nitrogens with zero attached hydrogens (tertiary/aromatic N) is 2. The Morgan fingerprint density at radius 1 is 1.40 bits per heavy atom. The fourth-order valence-electron chi connectivity index (χ4n) is 1.14. The summed E-state index contributed by atoms with van der Waals surface area (Å²) in [4.78, 5) is 20.3. The molecule has 1 N–H and O–H groups in total. The molecule has 0 fully saturated rings. The topological polar surface area (TPSA) is 54.9 Å². The number of aryl methyl sites for hydroxylation is 1. The van der Waals surface area contributed by atoms with E-state index in [4.69, 9.17) is 0 Å². The lowest BCUT2D eigenvalue weighted by Gasteiger charge is -2.02. The summed E-state index contributed by atoms with van der Waals surface area (Å²) < 4.78 is 0. The van der Waals surface area contributed by atoms with Gasteiger partial charge in [0, 0.05) is 18.1 Å². The molecular weight excluding hydrogens is 210 g/mol. The molecule has 2 aromatic heterocycles. The molecular formula is C10H9N3OS. The molecule has 0 saturated heterocycles. The zero-order valence-electron chi connectivity index (χ0n) is 8.10. The maximum absolute atomic E-state index is 11.7. The molecule has 0 atom stereocenters. The number of nitrogens with one attached hydrogen (secondary N) is 1. The first-order valence-corrected chi connectivity index (χ1v) is 5.27. The Labute approximate surface area is 91.0 Å². The van der Waals surface area contributed by atoms with Crippen molar-refractivity contribution in [2.24, 2.45) is 0 Å². The maximum Gasteiger partial charge on any atom is 0.267 e. The van der Waals surface area contributed by atoms with Crippen molar-refractivity contribution in [2.45, 2.75) is 6.92 Å². The highest BCUT2D eigenvalue weighted by molar-refractivity contribution is 7.12. The van der Waals surface area contributed by atoms with Crippen molar-refractivity contribution < 1.29 is 4.79 Å². The van der Waals surface area contributed by atoms with Gasteiger partial charge in [-0.1, -0.05) is 0 Å². The van der Waals surface area contributed by atoms with Gasteiger partial charge in [0.2, 0.25) is 0 Å². The van der Waals surface area contributed by atoms with E-state index in [1.54, 1.807) is 30.0 Å². The second-order valence-corrected chi connectivity index (χ2v) is 3.81. The van der Waals surface area contributed by atoms with Crippen molar-refractivity contribution >= 4 is 22.9 Å². The summed E-state index contributed by atoms with van der Waals surface area (Å²) in [7, 11) is 0. The molecule has 76 valence electrons. The first-order chi connectivity index (χ1) is 7.27. The molecule has 2 aromatic rings. The Morgan fingerprint density at radius 3 is 2.73 bits per heavy atom. The highest BCUT2D eigenvalue weighted by atomic mass is 32.1. The van der Waals surface area contributed by atoms with Crippen LogP contribution in [0.4, 0.5) is 5.69 Å². The van der Waals surface area contributed by atoms with Crippen molar-refractivity contribution in [2.75, 3.05) is 5.32 Å². The average Bonchev–Trinajstić information content (AvgIpc) is 2.66. The third kappa shape index (κ3) is 2.19. The summed E-state index contributed by atoms with van der Waals surface area (Å²) in [5, 5.41) is 2.78. The third-order valence-electron chi connectivity index (χ3n) is 1.89. The number of pyridine rings is 1. The molecule has 0 bridgehead atoms. The van der Waals surface area contributed by atoms with Gasteiger partial charge in [-0.25, -0.2) is 4.98 Å². The van der Waals surface area contributed by atoms with Crippen LogP contribution < -0.4 is 5.32 Å². The molecule has 1 amide bonds. The SMILES string of the molecule is Cc1ncsc1C(=O)Nc1ccncc1. The van der Waals surface area contributed by atoms with Crippen LogP contribution in [0, 0.1) is 6.92 Å². The van der Waals surface area contributed by atoms with Gasteiger partial charge >= 0.3 is 0 Å². The molecule has 0 unspecified atom stereocenters. The molecule has 0 radical (unpaired) electrons. The number of thiazole rings is 1. The molecule has 0 saturated carbocycles. The van der Waals surface area contributed by atoms with E-state index >= 15 is 0 Å². The van der Waals surface area contributed by atoms with E-state index in [0.717, 1.165) is 11.4 Å². The van der Waals surface area contributed by atoms with Crippen LogP contribution in [0.2, 0.25) is 0 Å². The van der Waals surface area contributed by atoms with Gasteiger partial charge in [-0.2, -0.15) is 0 Å². The summed E-state index contributed by atoms with van der Waals surface area (Å²) in [6, 6.07) is 3.49. The maximum atomic E-state index is 11.7. The summed E-state index contributed by atoms with van der Waals surface area (Å²) >= 11 is 1.34. The van der Waals surface area contributed by atoms with Crippen LogP contribution in [0.3, 0.4) is 0 Å². The van der Waals surface area contributed by atoms with Gasteiger partial charge < -0.3 is 5.32 Å². The molecule has 0 aliphatic carbocycles. The number of amides is 1. The summed E-state index contributed by atoms with van der Waals surface area (Å²) in [5.41, 5.74) is 3.16. The fraction of sp³-hybridized carbons (Fsp3) is 0.100. The van der Waals surface area contributed by atoms with Crippen molar-refractivity contribution in [1.82, 2.24) is 9.97 Å². The van der Waals surface area contributed by atoms with Gasteiger partial charge in [0.15, 0.2) is 0 Å². The van der Waals surface area contributed by atoms with Crippen LogP contribution in [0.5, 0.6) is 0 Å². The lowest BCUT2D eigenvalue weighted by Crippen LogP contribution is -2.11. The van der Waals surface area contributed by atoms with E-state index in [1.165, 1.54) is 11.3 Å². The number of anilines is 1. The van der Waals surface area contributed by atoms with E-state index in [2.05, 4.69) is 15.3 Å². The number of aromatic nitrogens is 2. The standard InChI is InChI=1S/C10H9N3OS/c1-7-9(15-6-12-7)10(14)13-8-2-4-11-5-3-8/h2-6H,1H3,(H,11,13,14). The molecule has 0 aliphatic heterocycles. The highest BCUT2D eigenvalue weighted by Crippen LogP contribution is 2.14. The van der Waals surface area contributed by atoms with Crippen LogP contribution in [-0.4, -0.2) is 15.9 Å². The minimum atomic E-state index is -0.124. The van der Waals surface area contributed by atoms with Crippen molar-refractivity contribution in [3.8, 4) is 0 Å². The summed E-state index contributed by atoms with van der Waals surface area (Å²) in [6.45, 7) is 1.82.